The zero-order valence-corrected chi connectivity index (χ0v) is 22.5. The largest absolute Gasteiger partial charge is 0.444 e. The lowest BCUT2D eigenvalue weighted by Crippen LogP contribution is -2.48. The molecule has 1 unspecified atom stereocenters. The monoisotopic (exact) mass is 563 g/mol. The maximum absolute atomic E-state index is 14.5. The number of carbonyl (C=O) groups excluding carboxylic acids is 1. The summed E-state index contributed by atoms with van der Waals surface area (Å²) in [6, 6.07) is 12.5. The second kappa shape index (κ2) is 11.1. The number of piperidine rings is 1. The summed E-state index contributed by atoms with van der Waals surface area (Å²) in [5.74, 6) is 0. The number of aliphatic hydroxyl groups is 1. The molecule has 216 valence electrons. The van der Waals surface area contributed by atoms with Crippen molar-refractivity contribution in [1.82, 2.24) is 9.47 Å². The van der Waals surface area contributed by atoms with Gasteiger partial charge in [0.2, 0.25) is 5.60 Å². The van der Waals surface area contributed by atoms with Crippen LogP contribution in [0, 0.1) is 10.1 Å². The van der Waals surface area contributed by atoms with Crippen LogP contribution in [0.2, 0.25) is 0 Å². The van der Waals surface area contributed by atoms with Crippen LogP contribution in [0.4, 0.5) is 23.7 Å². The van der Waals surface area contributed by atoms with Gasteiger partial charge >= 0.3 is 12.3 Å². The summed E-state index contributed by atoms with van der Waals surface area (Å²) in [5.41, 5.74) is -3.84. The van der Waals surface area contributed by atoms with Crippen LogP contribution in [0.5, 0.6) is 0 Å². The fourth-order valence-electron chi connectivity index (χ4n) is 4.72. The molecule has 1 aliphatic rings. The van der Waals surface area contributed by atoms with E-state index in [-0.39, 0.29) is 49.1 Å². The van der Waals surface area contributed by atoms with Gasteiger partial charge in [0.15, 0.2) is 0 Å². The number of nitrogens with zero attached hydrogens (tertiary/aromatic N) is 3. The Morgan fingerprint density at radius 1 is 1.10 bits per heavy atom. The summed E-state index contributed by atoms with van der Waals surface area (Å²) in [6.45, 7) is 4.77. The Kier molecular flexibility index (Phi) is 8.13. The van der Waals surface area contributed by atoms with Crippen LogP contribution in [0.3, 0.4) is 0 Å². The molecule has 0 aliphatic carbocycles. The number of ether oxygens (including phenoxy) is 2. The summed E-state index contributed by atoms with van der Waals surface area (Å²) in [5, 5.41) is 22.6. The number of halogens is 3. The molecule has 2 aromatic carbocycles. The molecular formula is C28H32F3N3O6. The van der Waals surface area contributed by atoms with Gasteiger partial charge in [-0.25, -0.2) is 4.79 Å². The van der Waals surface area contributed by atoms with E-state index in [4.69, 9.17) is 9.47 Å². The highest BCUT2D eigenvalue weighted by Crippen LogP contribution is 2.44. The third-order valence-electron chi connectivity index (χ3n) is 6.81. The number of fused-ring (bicyclic) bond motifs is 1. The molecule has 1 atom stereocenters. The molecule has 40 heavy (non-hydrogen) atoms. The van der Waals surface area contributed by atoms with Gasteiger partial charge in [-0.2, -0.15) is 13.2 Å². The number of alkyl halides is 3. The van der Waals surface area contributed by atoms with E-state index >= 15 is 0 Å². The molecule has 0 radical (unpaired) electrons. The van der Waals surface area contributed by atoms with E-state index in [1.165, 1.54) is 27.8 Å². The van der Waals surface area contributed by atoms with Crippen molar-refractivity contribution in [2.75, 3.05) is 19.7 Å². The summed E-state index contributed by atoms with van der Waals surface area (Å²) in [7, 11) is 0. The first-order valence-corrected chi connectivity index (χ1v) is 12.9. The molecule has 1 fully saturated rings. The fraction of sp³-hybridized carbons (Fsp3) is 0.464. The molecule has 1 N–H and O–H groups in total. The van der Waals surface area contributed by atoms with Crippen molar-refractivity contribution >= 4 is 22.7 Å². The Bertz CT molecular complexity index is 1360. The van der Waals surface area contributed by atoms with Crippen molar-refractivity contribution in [2.24, 2.45) is 0 Å². The van der Waals surface area contributed by atoms with E-state index < -0.39 is 46.7 Å². The van der Waals surface area contributed by atoms with Crippen LogP contribution < -0.4 is 0 Å². The first-order chi connectivity index (χ1) is 18.7. The first kappa shape index (κ1) is 29.3. The molecule has 12 heteroatoms. The summed E-state index contributed by atoms with van der Waals surface area (Å²) < 4.78 is 56.0. The number of amides is 1. The summed E-state index contributed by atoms with van der Waals surface area (Å²) in [6.07, 6.45) is -4.50. The highest BCUT2D eigenvalue weighted by atomic mass is 19.4. The van der Waals surface area contributed by atoms with Gasteiger partial charge in [0.1, 0.15) is 5.60 Å². The van der Waals surface area contributed by atoms with Crippen LogP contribution in [0.15, 0.2) is 54.7 Å². The number of non-ortho nitro benzene ring substituents is 1. The number of likely N-dealkylation sites (tertiary alicyclic amines) is 1. The standard InChI is InChI=1S/C28H32F3N3O6/c1-26(2,3)40-25(35)32-13-11-21(12-14-32)39-18-27(36,28(29,30)31)23-17-33(16-19-7-5-4-6-8-19)24-15-20(34(37)38)9-10-22(23)24/h4-10,15,17,21,36H,11-14,16,18H2,1-3H3. The van der Waals surface area contributed by atoms with Gasteiger partial charge < -0.3 is 24.0 Å². The molecule has 1 aliphatic heterocycles. The molecule has 0 bridgehead atoms. The second-order valence-electron chi connectivity index (χ2n) is 11.0. The van der Waals surface area contributed by atoms with Crippen LogP contribution in [-0.4, -0.2) is 63.2 Å². The topological polar surface area (TPSA) is 107 Å². The maximum Gasteiger partial charge on any atom is 0.423 e. The highest BCUT2D eigenvalue weighted by Gasteiger charge is 2.57. The van der Waals surface area contributed by atoms with Crippen LogP contribution in [0.1, 0.15) is 44.7 Å². The van der Waals surface area contributed by atoms with Crippen LogP contribution >= 0.6 is 0 Å². The van der Waals surface area contributed by atoms with Gasteiger partial charge in [0.25, 0.3) is 5.69 Å². The fourth-order valence-corrected chi connectivity index (χ4v) is 4.72. The number of nitro groups is 1. The molecule has 2 heterocycles. The van der Waals surface area contributed by atoms with E-state index in [1.807, 2.05) is 0 Å². The van der Waals surface area contributed by atoms with Crippen molar-refractivity contribution in [1.29, 1.82) is 0 Å². The summed E-state index contributed by atoms with van der Waals surface area (Å²) in [4.78, 5) is 24.6. The van der Waals surface area contributed by atoms with Crippen molar-refractivity contribution in [3.63, 3.8) is 0 Å². The molecule has 1 aromatic heterocycles. The van der Waals surface area contributed by atoms with E-state index in [9.17, 15) is 33.2 Å². The average Bonchev–Trinajstić information content (AvgIpc) is 3.24. The number of hydrogen-bond acceptors (Lipinski definition) is 6. The minimum Gasteiger partial charge on any atom is -0.444 e. The number of benzene rings is 2. The molecule has 4 rings (SSSR count). The van der Waals surface area contributed by atoms with Gasteiger partial charge in [0, 0.05) is 48.9 Å². The zero-order valence-electron chi connectivity index (χ0n) is 22.5. The predicted molar refractivity (Wildman–Crippen MR) is 141 cm³/mol. The Morgan fingerprint density at radius 3 is 2.33 bits per heavy atom. The average molecular weight is 564 g/mol. The van der Waals surface area contributed by atoms with Crippen LogP contribution in [0.25, 0.3) is 10.9 Å². The smallest absolute Gasteiger partial charge is 0.423 e. The minimum atomic E-state index is -5.11. The molecule has 0 saturated carbocycles. The number of carbonyl (C=O) groups is 1. The Balaban J connectivity index is 1.60. The molecule has 1 amide bonds. The van der Waals surface area contributed by atoms with Gasteiger partial charge in [-0.15, -0.1) is 0 Å². The Morgan fingerprint density at radius 2 is 1.75 bits per heavy atom. The number of nitro benzene ring substituents is 1. The lowest BCUT2D eigenvalue weighted by Gasteiger charge is -2.36. The normalized spacial score (nSPS) is 16.6. The SMILES string of the molecule is CC(C)(C)OC(=O)N1CCC(OCC(O)(c2cn(Cc3ccccc3)c3cc([N+](=O)[O-])ccc23)C(F)(F)F)CC1. The lowest BCUT2D eigenvalue weighted by atomic mass is 9.93. The molecule has 0 spiro atoms. The minimum absolute atomic E-state index is 0.0321. The lowest BCUT2D eigenvalue weighted by molar-refractivity contribution is -0.384. The highest BCUT2D eigenvalue weighted by molar-refractivity contribution is 5.87. The van der Waals surface area contributed by atoms with Gasteiger partial charge in [-0.1, -0.05) is 30.3 Å². The van der Waals surface area contributed by atoms with Crippen LogP contribution in [-0.2, 0) is 21.6 Å². The van der Waals surface area contributed by atoms with E-state index in [0.717, 1.165) is 11.6 Å². The third kappa shape index (κ3) is 6.39. The molecular weight excluding hydrogens is 531 g/mol. The first-order valence-electron chi connectivity index (χ1n) is 12.9. The van der Waals surface area contributed by atoms with Gasteiger partial charge in [-0.3, -0.25) is 10.1 Å². The second-order valence-corrected chi connectivity index (χ2v) is 11.0. The van der Waals surface area contributed by atoms with Crippen molar-refractivity contribution in [3.8, 4) is 0 Å². The van der Waals surface area contributed by atoms with Crippen molar-refractivity contribution < 1.29 is 37.5 Å². The van der Waals surface area contributed by atoms with Crippen molar-refractivity contribution in [2.45, 2.75) is 63.6 Å². The Labute approximate surface area is 229 Å². The van der Waals surface area contributed by atoms with Crippen molar-refractivity contribution in [3.05, 3.63) is 76.0 Å². The quantitative estimate of drug-likeness (QED) is 0.289. The van der Waals surface area contributed by atoms with Gasteiger partial charge in [0.05, 0.1) is 23.2 Å². The number of aromatic nitrogens is 1. The van der Waals surface area contributed by atoms with E-state index in [1.54, 1.807) is 51.1 Å². The third-order valence-corrected chi connectivity index (χ3v) is 6.81. The van der Waals surface area contributed by atoms with Gasteiger partial charge in [-0.05, 0) is 45.2 Å². The predicted octanol–water partition coefficient (Wildman–Crippen LogP) is 5.76. The summed E-state index contributed by atoms with van der Waals surface area (Å²) >= 11 is 0. The molecule has 9 nitrogen and oxygen atoms in total. The molecule has 1 saturated heterocycles. The maximum atomic E-state index is 14.5. The zero-order chi connectivity index (χ0) is 29.3. The number of rotatable bonds is 7. The van der Waals surface area contributed by atoms with E-state index in [2.05, 4.69) is 0 Å². The Hall–Kier alpha value is -3.64. The van der Waals surface area contributed by atoms with E-state index in [0.29, 0.717) is 0 Å². The molecule has 3 aromatic rings. The number of hydrogen-bond donors (Lipinski definition) is 1.